The van der Waals surface area contributed by atoms with E-state index in [4.69, 9.17) is 4.74 Å². The Kier molecular flexibility index (Phi) is 8.79. The zero-order valence-corrected chi connectivity index (χ0v) is 20.7. The predicted molar refractivity (Wildman–Crippen MR) is 129 cm³/mol. The van der Waals surface area contributed by atoms with Gasteiger partial charge in [0.1, 0.15) is 4.88 Å². The molecule has 0 atom stereocenters. The minimum absolute atomic E-state index is 0.0113. The monoisotopic (exact) mass is 459 g/mol. The lowest BCUT2D eigenvalue weighted by Crippen LogP contribution is -2.47. The van der Waals surface area contributed by atoms with E-state index in [0.717, 1.165) is 51.4 Å². The van der Waals surface area contributed by atoms with Gasteiger partial charge in [-0.2, -0.15) is 0 Å². The van der Waals surface area contributed by atoms with Gasteiger partial charge in [-0.15, -0.1) is 11.3 Å². The van der Waals surface area contributed by atoms with E-state index in [9.17, 15) is 14.7 Å². The van der Waals surface area contributed by atoms with Gasteiger partial charge >= 0.3 is 5.97 Å². The maximum atomic E-state index is 13.8. The van der Waals surface area contributed by atoms with Crippen LogP contribution in [0.1, 0.15) is 93.6 Å². The summed E-state index contributed by atoms with van der Waals surface area (Å²) in [5, 5.41) is 9.95. The van der Waals surface area contributed by atoms with Crippen molar-refractivity contribution in [2.75, 3.05) is 11.5 Å². The molecule has 1 N–H and O–H groups in total. The molecule has 3 rings (SSSR count). The number of rotatable bonds is 6. The topological polar surface area (TPSA) is 66.8 Å². The number of hydrogen-bond acceptors (Lipinski definition) is 4. The average molecular weight is 460 g/mol. The summed E-state index contributed by atoms with van der Waals surface area (Å²) >= 11 is 1.18. The molecule has 0 bridgehead atoms. The van der Waals surface area contributed by atoms with Crippen molar-refractivity contribution in [2.24, 2.45) is 17.8 Å². The first-order valence-electron chi connectivity index (χ1n) is 12.1. The zero-order chi connectivity index (χ0) is 23.3. The Labute approximate surface area is 196 Å². The number of carboxylic acid groups (broad SMARTS) is 1. The van der Waals surface area contributed by atoms with Crippen molar-refractivity contribution in [3.8, 4) is 11.8 Å². The molecule has 2 aliphatic rings. The molecule has 2 aliphatic carbocycles. The first-order valence-corrected chi connectivity index (χ1v) is 12.9. The number of carbonyl (C=O) groups excluding carboxylic acids is 1. The van der Waals surface area contributed by atoms with Gasteiger partial charge in [0.05, 0.1) is 16.7 Å². The van der Waals surface area contributed by atoms with E-state index in [0.29, 0.717) is 23.1 Å². The number of thiophene rings is 1. The van der Waals surface area contributed by atoms with Crippen LogP contribution in [-0.2, 0) is 9.53 Å². The molecule has 1 aromatic heterocycles. The second-order valence-corrected chi connectivity index (χ2v) is 10.7. The summed E-state index contributed by atoms with van der Waals surface area (Å²) in [4.78, 5) is 28.8. The Hall–Kier alpha value is -1.84. The molecule has 2 fully saturated rings. The number of amides is 1. The van der Waals surface area contributed by atoms with Crippen LogP contribution in [0.15, 0.2) is 6.07 Å². The standard InChI is InChI=1S/C26H37NO4S/c1-5-31-21-13-11-20(12-14-21)27(25(28)19-9-7-18(4)8-10-19)23-16-22(15-6-17(2)3)32-24(23)26(29)30/h16-21H,5,7-14H2,1-4H3,(H,29,30). The normalized spacial score (nSPS) is 25.8. The molecular weight excluding hydrogens is 422 g/mol. The van der Waals surface area contributed by atoms with Gasteiger partial charge in [0.15, 0.2) is 0 Å². The highest BCUT2D eigenvalue weighted by atomic mass is 32.1. The highest BCUT2D eigenvalue weighted by molar-refractivity contribution is 7.15. The number of anilines is 1. The molecule has 32 heavy (non-hydrogen) atoms. The predicted octanol–water partition coefficient (Wildman–Crippen LogP) is 5.96. The van der Waals surface area contributed by atoms with E-state index >= 15 is 0 Å². The van der Waals surface area contributed by atoms with Crippen LogP contribution in [0.3, 0.4) is 0 Å². The van der Waals surface area contributed by atoms with Crippen molar-refractivity contribution in [1.82, 2.24) is 0 Å². The summed E-state index contributed by atoms with van der Waals surface area (Å²) < 4.78 is 5.81. The van der Waals surface area contributed by atoms with Gasteiger partial charge in [-0.3, -0.25) is 4.79 Å². The van der Waals surface area contributed by atoms with Crippen LogP contribution in [-0.4, -0.2) is 35.7 Å². The maximum Gasteiger partial charge on any atom is 0.348 e. The molecule has 0 radical (unpaired) electrons. The Morgan fingerprint density at radius 2 is 1.81 bits per heavy atom. The average Bonchev–Trinajstić information content (AvgIpc) is 3.18. The highest BCUT2D eigenvalue weighted by Crippen LogP contribution is 2.39. The minimum atomic E-state index is -0.985. The fourth-order valence-corrected chi connectivity index (χ4v) is 5.75. The molecule has 6 heteroatoms. The van der Waals surface area contributed by atoms with Gasteiger partial charge in [0.25, 0.3) is 0 Å². The van der Waals surface area contributed by atoms with Crippen molar-refractivity contribution in [2.45, 2.75) is 91.2 Å². The molecule has 0 unspecified atom stereocenters. The molecule has 2 saturated carbocycles. The van der Waals surface area contributed by atoms with E-state index in [-0.39, 0.29) is 34.8 Å². The molecule has 0 aromatic carbocycles. The third-order valence-corrected chi connectivity index (χ3v) is 7.69. The smallest absolute Gasteiger partial charge is 0.348 e. The SMILES string of the molecule is CCOC1CCC(N(C(=O)C2CCC(C)CC2)c2cc(C#CC(C)C)sc2C(=O)O)CC1. The van der Waals surface area contributed by atoms with Crippen molar-refractivity contribution < 1.29 is 19.4 Å². The number of ether oxygens (including phenoxy) is 1. The Morgan fingerprint density at radius 3 is 2.38 bits per heavy atom. The lowest BCUT2D eigenvalue weighted by Gasteiger charge is -2.39. The van der Waals surface area contributed by atoms with Gasteiger partial charge in [0.2, 0.25) is 5.91 Å². The first-order chi connectivity index (χ1) is 15.3. The van der Waals surface area contributed by atoms with Gasteiger partial charge in [0, 0.05) is 24.5 Å². The largest absolute Gasteiger partial charge is 0.477 e. The Bertz CT molecular complexity index is 849. The van der Waals surface area contributed by atoms with E-state index < -0.39 is 5.97 Å². The van der Waals surface area contributed by atoms with Crippen molar-refractivity contribution in [3.05, 3.63) is 15.8 Å². The Morgan fingerprint density at radius 1 is 1.16 bits per heavy atom. The molecule has 176 valence electrons. The van der Waals surface area contributed by atoms with Crippen LogP contribution in [0.4, 0.5) is 5.69 Å². The summed E-state index contributed by atoms with van der Waals surface area (Å²) in [6.07, 6.45) is 7.59. The molecule has 0 aliphatic heterocycles. The summed E-state index contributed by atoms with van der Waals surface area (Å²) in [7, 11) is 0. The van der Waals surface area contributed by atoms with Crippen LogP contribution in [0, 0.1) is 29.6 Å². The molecule has 0 saturated heterocycles. The van der Waals surface area contributed by atoms with Gasteiger partial charge in [-0.1, -0.05) is 32.6 Å². The molecule has 1 amide bonds. The summed E-state index contributed by atoms with van der Waals surface area (Å²) in [5.74, 6) is 6.18. The number of nitrogens with zero attached hydrogens (tertiary/aromatic N) is 1. The quantitative estimate of drug-likeness (QED) is 0.533. The molecule has 0 spiro atoms. The molecule has 5 nitrogen and oxygen atoms in total. The van der Waals surface area contributed by atoms with E-state index in [1.54, 1.807) is 0 Å². The zero-order valence-electron chi connectivity index (χ0n) is 19.9. The van der Waals surface area contributed by atoms with Crippen molar-refractivity contribution in [1.29, 1.82) is 0 Å². The number of aromatic carboxylic acids is 1. The second kappa shape index (κ2) is 11.3. The Balaban J connectivity index is 1.94. The van der Waals surface area contributed by atoms with E-state index in [1.165, 1.54) is 11.3 Å². The summed E-state index contributed by atoms with van der Waals surface area (Å²) in [6, 6.07) is 1.85. The first kappa shape index (κ1) is 24.8. The van der Waals surface area contributed by atoms with Crippen LogP contribution in [0.25, 0.3) is 0 Å². The van der Waals surface area contributed by atoms with Crippen LogP contribution in [0.2, 0.25) is 0 Å². The highest BCUT2D eigenvalue weighted by Gasteiger charge is 2.37. The van der Waals surface area contributed by atoms with Crippen LogP contribution >= 0.6 is 11.3 Å². The number of hydrogen-bond donors (Lipinski definition) is 1. The molecule has 1 aromatic rings. The maximum absolute atomic E-state index is 13.8. The molecule has 1 heterocycles. The summed E-state index contributed by atoms with van der Waals surface area (Å²) in [5.41, 5.74) is 0.541. The fourth-order valence-electron chi connectivity index (χ4n) is 4.90. The third-order valence-electron chi connectivity index (χ3n) is 6.66. The number of carbonyl (C=O) groups is 2. The lowest BCUT2D eigenvalue weighted by atomic mass is 9.81. The minimum Gasteiger partial charge on any atom is -0.477 e. The second-order valence-electron chi connectivity index (χ2n) is 9.61. The number of carboxylic acids is 1. The van der Waals surface area contributed by atoms with Gasteiger partial charge < -0.3 is 14.7 Å². The summed E-state index contributed by atoms with van der Waals surface area (Å²) in [6.45, 7) is 8.97. The van der Waals surface area contributed by atoms with E-state index in [2.05, 4.69) is 18.8 Å². The molecular formula is C26H37NO4S. The van der Waals surface area contributed by atoms with Gasteiger partial charge in [-0.25, -0.2) is 4.79 Å². The fraction of sp³-hybridized carbons (Fsp3) is 0.692. The lowest BCUT2D eigenvalue weighted by molar-refractivity contribution is -0.124. The van der Waals surface area contributed by atoms with Crippen LogP contribution < -0.4 is 4.90 Å². The third kappa shape index (κ3) is 6.14. The van der Waals surface area contributed by atoms with Gasteiger partial charge in [-0.05, 0) is 70.3 Å². The van der Waals surface area contributed by atoms with Crippen molar-refractivity contribution in [3.63, 3.8) is 0 Å². The van der Waals surface area contributed by atoms with Crippen LogP contribution in [0.5, 0.6) is 0 Å². The van der Waals surface area contributed by atoms with E-state index in [1.807, 2.05) is 31.7 Å². The van der Waals surface area contributed by atoms with Crippen molar-refractivity contribution >= 4 is 28.9 Å².